The van der Waals surface area contributed by atoms with Crippen molar-refractivity contribution in [3.8, 4) is 11.4 Å². The van der Waals surface area contributed by atoms with Crippen LogP contribution in [0, 0.1) is 13.8 Å². The van der Waals surface area contributed by atoms with Crippen molar-refractivity contribution in [1.29, 1.82) is 0 Å². The van der Waals surface area contributed by atoms with Gasteiger partial charge in [0.25, 0.3) is 22.2 Å². The number of aryl methyl sites for hydroxylation is 2. The maximum Gasteiger partial charge on any atom is 0.266 e. The van der Waals surface area contributed by atoms with Crippen LogP contribution in [0.1, 0.15) is 11.1 Å². The molecule has 0 N–H and O–H groups in total. The molecule has 0 radical (unpaired) electrons. The van der Waals surface area contributed by atoms with E-state index in [-0.39, 0.29) is 21.5 Å². The lowest BCUT2D eigenvalue weighted by Crippen LogP contribution is -2.24. The summed E-state index contributed by atoms with van der Waals surface area (Å²) in [4.78, 5) is 53.4. The second kappa shape index (κ2) is 6.96. The minimum absolute atomic E-state index is 0.253. The normalized spacial score (nSPS) is 11.7. The molecule has 2 aromatic heterocycles. The second-order valence-corrected chi connectivity index (χ2v) is 8.54. The number of hydrogen-bond donors (Lipinski definition) is 0. The third-order valence-electron chi connectivity index (χ3n) is 6.61. The molecule has 0 unspecified atom stereocenters. The van der Waals surface area contributed by atoms with Crippen molar-refractivity contribution in [2.45, 2.75) is 13.8 Å². The summed E-state index contributed by atoms with van der Waals surface area (Å²) >= 11 is 0. The molecule has 0 saturated heterocycles. The summed E-state index contributed by atoms with van der Waals surface area (Å²) in [6.07, 6.45) is 0. The van der Waals surface area contributed by atoms with Crippen LogP contribution in [-0.2, 0) is 0 Å². The first-order chi connectivity index (χ1) is 16.4. The average molecular weight is 446 g/mol. The third kappa shape index (κ3) is 2.50. The number of fused-ring (bicyclic) bond motifs is 5. The maximum atomic E-state index is 13.5. The maximum absolute atomic E-state index is 13.5. The molecule has 6 rings (SSSR count). The Kier molecular flexibility index (Phi) is 4.10. The van der Waals surface area contributed by atoms with Gasteiger partial charge in [0, 0.05) is 0 Å². The van der Waals surface area contributed by atoms with E-state index in [4.69, 9.17) is 0 Å². The van der Waals surface area contributed by atoms with Crippen LogP contribution < -0.4 is 22.2 Å². The molecule has 6 heteroatoms. The number of rotatable bonds is 2. The van der Waals surface area contributed by atoms with Crippen molar-refractivity contribution in [1.82, 2.24) is 9.13 Å². The molecule has 0 amide bonds. The zero-order chi connectivity index (χ0) is 23.7. The highest BCUT2D eigenvalue weighted by molar-refractivity contribution is 6.17. The monoisotopic (exact) mass is 446 g/mol. The Morgan fingerprint density at radius 1 is 0.441 bits per heavy atom. The van der Waals surface area contributed by atoms with E-state index < -0.39 is 22.2 Å². The molecule has 0 fully saturated rings. The van der Waals surface area contributed by atoms with E-state index in [0.717, 1.165) is 11.1 Å². The first kappa shape index (κ1) is 20.1. The zero-order valence-corrected chi connectivity index (χ0v) is 18.5. The van der Waals surface area contributed by atoms with Crippen LogP contribution in [0.25, 0.3) is 43.7 Å². The van der Waals surface area contributed by atoms with Gasteiger partial charge in [0.1, 0.15) is 0 Å². The van der Waals surface area contributed by atoms with Crippen LogP contribution in [-0.4, -0.2) is 9.13 Å². The summed E-state index contributed by atoms with van der Waals surface area (Å²) in [5, 5.41) is 2.05. The van der Waals surface area contributed by atoms with Gasteiger partial charge in [-0.2, -0.15) is 0 Å². The van der Waals surface area contributed by atoms with E-state index in [2.05, 4.69) is 0 Å². The predicted molar refractivity (Wildman–Crippen MR) is 135 cm³/mol. The molecular formula is C28H18N2O4. The van der Waals surface area contributed by atoms with Gasteiger partial charge in [-0.1, -0.05) is 48.5 Å². The van der Waals surface area contributed by atoms with Gasteiger partial charge in [0.15, 0.2) is 0 Å². The Morgan fingerprint density at radius 3 is 1.18 bits per heavy atom. The Balaban J connectivity index is 1.76. The van der Waals surface area contributed by atoms with Gasteiger partial charge in [-0.25, -0.2) is 9.13 Å². The molecule has 0 spiro atoms. The Morgan fingerprint density at radius 2 is 0.794 bits per heavy atom. The topological polar surface area (TPSA) is 78.1 Å². The number of benzene rings is 4. The SMILES string of the molecule is Cc1ccccc1-n1c(=O)c2ccc3c(ccc4c(=O)n(-c5ccccc5C)c(=O)c43)c2c1=O. The summed E-state index contributed by atoms with van der Waals surface area (Å²) in [5.74, 6) is 0. The minimum Gasteiger partial charge on any atom is -0.268 e. The summed E-state index contributed by atoms with van der Waals surface area (Å²) in [5.41, 5.74) is 0.981. The fraction of sp³-hybridized carbons (Fsp3) is 0.0714. The summed E-state index contributed by atoms with van der Waals surface area (Å²) in [7, 11) is 0. The molecule has 6 nitrogen and oxygen atoms in total. The van der Waals surface area contributed by atoms with E-state index in [1.54, 1.807) is 48.5 Å². The van der Waals surface area contributed by atoms with Crippen molar-refractivity contribution in [2.24, 2.45) is 0 Å². The molecule has 0 aliphatic carbocycles. The van der Waals surface area contributed by atoms with Crippen LogP contribution in [0.15, 0.2) is 92.0 Å². The lowest BCUT2D eigenvalue weighted by molar-refractivity contribution is 0.978. The van der Waals surface area contributed by atoms with Crippen molar-refractivity contribution in [2.75, 3.05) is 0 Å². The van der Waals surface area contributed by atoms with Crippen LogP contribution in [0.3, 0.4) is 0 Å². The van der Waals surface area contributed by atoms with E-state index in [1.807, 2.05) is 38.1 Å². The van der Waals surface area contributed by atoms with E-state index in [0.29, 0.717) is 22.1 Å². The predicted octanol–water partition coefficient (Wildman–Crippen LogP) is 3.66. The molecule has 6 aromatic rings. The molecule has 0 aliphatic rings. The van der Waals surface area contributed by atoms with E-state index >= 15 is 0 Å². The van der Waals surface area contributed by atoms with Crippen molar-refractivity contribution < 1.29 is 0 Å². The van der Waals surface area contributed by atoms with Crippen molar-refractivity contribution in [3.63, 3.8) is 0 Å². The highest BCUT2D eigenvalue weighted by atomic mass is 16.2. The standard InChI is InChI=1S/C28H18N2O4/c1-15-7-3-5-9-21(15)29-25(31)19-13-11-18-17(23(19)27(29)33)12-14-20-24(18)28(34)30(26(20)32)22-10-6-4-8-16(22)2/h3-14H,1-2H3. The molecule has 0 atom stereocenters. The largest absolute Gasteiger partial charge is 0.268 e. The molecule has 34 heavy (non-hydrogen) atoms. The lowest BCUT2D eigenvalue weighted by atomic mass is 10.0. The van der Waals surface area contributed by atoms with Crippen molar-refractivity contribution in [3.05, 3.63) is 125 Å². The van der Waals surface area contributed by atoms with Gasteiger partial charge < -0.3 is 0 Å². The zero-order valence-electron chi connectivity index (χ0n) is 18.5. The van der Waals surface area contributed by atoms with Gasteiger partial charge in [-0.3, -0.25) is 19.2 Å². The quantitative estimate of drug-likeness (QED) is 0.407. The Bertz CT molecular complexity index is 1870. The minimum atomic E-state index is -0.438. The average Bonchev–Trinajstić information content (AvgIpc) is 3.24. The lowest BCUT2D eigenvalue weighted by Gasteiger charge is -2.04. The molecule has 0 saturated carbocycles. The fourth-order valence-electron chi connectivity index (χ4n) is 4.94. The number of nitrogens with zero attached hydrogens (tertiary/aromatic N) is 2. The van der Waals surface area contributed by atoms with Gasteiger partial charge in [-0.05, 0) is 60.0 Å². The molecule has 0 aliphatic heterocycles. The van der Waals surface area contributed by atoms with E-state index in [9.17, 15) is 19.2 Å². The van der Waals surface area contributed by atoms with Crippen molar-refractivity contribution >= 4 is 32.3 Å². The van der Waals surface area contributed by atoms with Crippen LogP contribution >= 0.6 is 0 Å². The molecular weight excluding hydrogens is 428 g/mol. The third-order valence-corrected chi connectivity index (χ3v) is 6.61. The summed E-state index contributed by atoms with van der Waals surface area (Å²) < 4.78 is 2.36. The van der Waals surface area contributed by atoms with Gasteiger partial charge in [0.05, 0.1) is 32.9 Å². The Labute approximate surface area is 192 Å². The first-order valence-electron chi connectivity index (χ1n) is 10.9. The molecule has 4 aromatic carbocycles. The first-order valence-corrected chi connectivity index (χ1v) is 10.9. The highest BCUT2D eigenvalue weighted by Gasteiger charge is 2.22. The fourth-order valence-corrected chi connectivity index (χ4v) is 4.94. The molecule has 2 heterocycles. The van der Waals surface area contributed by atoms with Crippen LogP contribution in [0.5, 0.6) is 0 Å². The van der Waals surface area contributed by atoms with E-state index in [1.165, 1.54) is 9.13 Å². The van der Waals surface area contributed by atoms with Gasteiger partial charge in [-0.15, -0.1) is 0 Å². The molecule has 164 valence electrons. The van der Waals surface area contributed by atoms with Gasteiger partial charge in [0.2, 0.25) is 0 Å². The second-order valence-electron chi connectivity index (χ2n) is 8.54. The summed E-state index contributed by atoms with van der Waals surface area (Å²) in [6.45, 7) is 3.68. The van der Waals surface area contributed by atoms with Crippen LogP contribution in [0.4, 0.5) is 0 Å². The number of hydrogen-bond acceptors (Lipinski definition) is 4. The van der Waals surface area contributed by atoms with Gasteiger partial charge >= 0.3 is 0 Å². The number of aromatic nitrogens is 2. The summed E-state index contributed by atoms with van der Waals surface area (Å²) in [6, 6.07) is 20.9. The smallest absolute Gasteiger partial charge is 0.266 e. The Hall–Kier alpha value is -4.58. The number of para-hydroxylation sites is 2. The van der Waals surface area contributed by atoms with Crippen LogP contribution in [0.2, 0.25) is 0 Å². The molecule has 0 bridgehead atoms. The highest BCUT2D eigenvalue weighted by Crippen LogP contribution is 2.27.